The fourth-order valence-corrected chi connectivity index (χ4v) is 6.08. The van der Waals surface area contributed by atoms with Gasteiger partial charge in [-0.3, -0.25) is 0 Å². The van der Waals surface area contributed by atoms with Crippen molar-refractivity contribution in [1.29, 1.82) is 0 Å². The Morgan fingerprint density at radius 1 is 1.38 bits per heavy atom. The van der Waals surface area contributed by atoms with Crippen molar-refractivity contribution >= 4 is 5.71 Å². The van der Waals surface area contributed by atoms with Crippen LogP contribution < -0.4 is 0 Å². The first-order valence-corrected chi connectivity index (χ1v) is 12.9. The molecule has 0 heterocycles. The van der Waals surface area contributed by atoms with Crippen LogP contribution in [-0.4, -0.2) is 30.2 Å². The molecule has 0 saturated heterocycles. The third-order valence-electron chi connectivity index (χ3n) is 8.09. The van der Waals surface area contributed by atoms with Crippen molar-refractivity contribution in [1.82, 2.24) is 0 Å². The SMILES string of the molecule is C=C1/C(=C\C=C2/CCC[C@]3(C)C([C@H](C)C/C=C/C(=N\OC)C(C)(C)C)=CC[C@@H]23)C[C@@H](O)C[C@@H]1F. The number of nitrogens with zero attached hydrogens (tertiary/aromatic N) is 1. The minimum Gasteiger partial charge on any atom is -0.399 e. The van der Waals surface area contributed by atoms with Crippen LogP contribution in [0.2, 0.25) is 0 Å². The van der Waals surface area contributed by atoms with Gasteiger partial charge >= 0.3 is 0 Å². The number of fused-ring (bicyclic) bond motifs is 1. The van der Waals surface area contributed by atoms with Crippen molar-refractivity contribution in [2.75, 3.05) is 7.11 Å². The van der Waals surface area contributed by atoms with Crippen LogP contribution in [0.1, 0.15) is 79.6 Å². The normalized spacial score (nSPS) is 34.0. The molecule has 3 rings (SSSR count). The molecule has 3 aliphatic rings. The largest absolute Gasteiger partial charge is 0.399 e. The van der Waals surface area contributed by atoms with Gasteiger partial charge in [0.1, 0.15) is 13.3 Å². The molecule has 0 aromatic heterocycles. The summed E-state index contributed by atoms with van der Waals surface area (Å²) in [6, 6.07) is 0. The maximum absolute atomic E-state index is 14.2. The molecule has 2 fully saturated rings. The maximum atomic E-state index is 14.2. The zero-order valence-electron chi connectivity index (χ0n) is 22.0. The van der Waals surface area contributed by atoms with E-state index in [1.54, 1.807) is 12.7 Å². The lowest BCUT2D eigenvalue weighted by Gasteiger charge is -2.42. The van der Waals surface area contributed by atoms with E-state index in [-0.39, 0.29) is 17.3 Å². The Hall–Kier alpha value is -1.94. The van der Waals surface area contributed by atoms with Crippen LogP contribution in [-0.2, 0) is 4.84 Å². The summed E-state index contributed by atoms with van der Waals surface area (Å²) in [4.78, 5) is 5.05. The molecule has 0 bridgehead atoms. The predicted molar refractivity (Wildman–Crippen MR) is 140 cm³/mol. The molecule has 34 heavy (non-hydrogen) atoms. The highest BCUT2D eigenvalue weighted by Gasteiger charge is 2.45. The molecule has 2 saturated carbocycles. The monoisotopic (exact) mass is 469 g/mol. The number of halogens is 1. The Labute approximate surface area is 206 Å². The Morgan fingerprint density at radius 2 is 2.12 bits per heavy atom. The van der Waals surface area contributed by atoms with Gasteiger partial charge in [0.2, 0.25) is 0 Å². The molecule has 188 valence electrons. The number of rotatable bonds is 6. The first-order valence-electron chi connectivity index (χ1n) is 12.9. The topological polar surface area (TPSA) is 41.8 Å². The lowest BCUT2D eigenvalue weighted by molar-refractivity contribution is 0.124. The van der Waals surface area contributed by atoms with Crippen LogP contribution in [0.3, 0.4) is 0 Å². The van der Waals surface area contributed by atoms with E-state index in [9.17, 15) is 9.50 Å². The first kappa shape index (κ1) is 26.7. The summed E-state index contributed by atoms with van der Waals surface area (Å²) in [7, 11) is 1.60. The molecule has 0 amide bonds. The fourth-order valence-electron chi connectivity index (χ4n) is 6.08. The van der Waals surface area contributed by atoms with Gasteiger partial charge in [0.15, 0.2) is 0 Å². The van der Waals surface area contributed by atoms with Crippen molar-refractivity contribution in [3.8, 4) is 0 Å². The van der Waals surface area contributed by atoms with Crippen LogP contribution in [0.4, 0.5) is 4.39 Å². The van der Waals surface area contributed by atoms with Crippen LogP contribution >= 0.6 is 0 Å². The molecule has 0 unspecified atom stereocenters. The standard InChI is InChI=1S/C30H44FNO2/c1-20(10-8-12-28(32-34-7)29(3,4)5)25-15-16-26-22(11-9-17-30(25,26)6)13-14-23-18-24(33)19-27(31)21(23)2/h8,12-15,20,24,26-27,33H,2,9-11,16-19H2,1,3-7H3/b12-8+,22-13+,23-14-,32-28+/t20-,24-,26+,27+,30-/m1/s1. The van der Waals surface area contributed by atoms with E-state index in [0.29, 0.717) is 23.8 Å². The van der Waals surface area contributed by atoms with Crippen molar-refractivity contribution in [2.24, 2.45) is 27.8 Å². The Balaban J connectivity index is 1.73. The van der Waals surface area contributed by atoms with Gasteiger partial charge in [0.25, 0.3) is 0 Å². The number of hydrogen-bond acceptors (Lipinski definition) is 3. The number of allylic oxidation sites excluding steroid dienone is 8. The van der Waals surface area contributed by atoms with Gasteiger partial charge in [-0.1, -0.05) is 81.8 Å². The highest BCUT2D eigenvalue weighted by atomic mass is 19.1. The van der Waals surface area contributed by atoms with Crippen LogP contribution in [0.15, 0.2) is 64.4 Å². The van der Waals surface area contributed by atoms with Crippen LogP contribution in [0.25, 0.3) is 0 Å². The predicted octanol–water partition coefficient (Wildman–Crippen LogP) is 7.66. The number of alkyl halides is 1. The van der Waals surface area contributed by atoms with Gasteiger partial charge in [-0.05, 0) is 73.0 Å². The van der Waals surface area contributed by atoms with E-state index in [1.165, 1.54) is 18.4 Å². The lowest BCUT2D eigenvalue weighted by Crippen LogP contribution is -2.32. The van der Waals surface area contributed by atoms with Gasteiger partial charge in [-0.25, -0.2) is 4.39 Å². The molecule has 3 nitrogen and oxygen atoms in total. The summed E-state index contributed by atoms with van der Waals surface area (Å²) in [5.74, 6) is 0.968. The quantitative estimate of drug-likeness (QED) is 0.246. The minimum absolute atomic E-state index is 0.0567. The summed E-state index contributed by atoms with van der Waals surface area (Å²) < 4.78 is 14.2. The molecule has 3 aliphatic carbocycles. The molecule has 0 aromatic carbocycles. The number of aliphatic hydroxyl groups excluding tert-OH is 1. The first-order chi connectivity index (χ1) is 16.0. The minimum atomic E-state index is -1.13. The number of hydrogen-bond donors (Lipinski definition) is 1. The second-order valence-corrected chi connectivity index (χ2v) is 11.7. The second kappa shape index (κ2) is 10.8. The van der Waals surface area contributed by atoms with E-state index in [2.05, 4.69) is 70.7 Å². The van der Waals surface area contributed by atoms with Gasteiger partial charge in [0.05, 0.1) is 11.8 Å². The van der Waals surface area contributed by atoms with E-state index < -0.39 is 12.3 Å². The molecule has 0 aliphatic heterocycles. The average Bonchev–Trinajstić information content (AvgIpc) is 3.11. The van der Waals surface area contributed by atoms with Crippen molar-refractivity contribution in [2.45, 2.75) is 91.8 Å². The highest BCUT2D eigenvalue weighted by molar-refractivity contribution is 5.98. The Morgan fingerprint density at radius 3 is 2.79 bits per heavy atom. The van der Waals surface area contributed by atoms with Crippen molar-refractivity contribution in [3.63, 3.8) is 0 Å². The summed E-state index contributed by atoms with van der Waals surface area (Å²) in [6.45, 7) is 15.1. The van der Waals surface area contributed by atoms with Gasteiger partial charge < -0.3 is 9.94 Å². The zero-order chi connectivity index (χ0) is 25.1. The van der Waals surface area contributed by atoms with E-state index in [0.717, 1.165) is 30.5 Å². The Bertz CT molecular complexity index is 917. The highest BCUT2D eigenvalue weighted by Crippen LogP contribution is 2.57. The molecular formula is C30H44FNO2. The molecule has 4 heteroatoms. The van der Waals surface area contributed by atoms with E-state index in [1.807, 2.05) is 6.08 Å². The maximum Gasteiger partial charge on any atom is 0.127 e. The van der Waals surface area contributed by atoms with Gasteiger partial charge in [-0.15, -0.1) is 0 Å². The smallest absolute Gasteiger partial charge is 0.127 e. The van der Waals surface area contributed by atoms with Crippen LogP contribution in [0.5, 0.6) is 0 Å². The third-order valence-corrected chi connectivity index (χ3v) is 8.09. The summed E-state index contributed by atoms with van der Waals surface area (Å²) in [5.41, 5.74) is 5.51. The second-order valence-electron chi connectivity index (χ2n) is 11.7. The molecule has 5 atom stereocenters. The molecule has 0 aromatic rings. The number of aliphatic hydroxyl groups is 1. The van der Waals surface area contributed by atoms with Crippen molar-refractivity contribution < 1.29 is 14.3 Å². The van der Waals surface area contributed by atoms with Gasteiger partial charge in [0, 0.05) is 11.8 Å². The van der Waals surface area contributed by atoms with Gasteiger partial charge in [-0.2, -0.15) is 0 Å². The summed E-state index contributed by atoms with van der Waals surface area (Å²) >= 11 is 0. The summed E-state index contributed by atoms with van der Waals surface area (Å²) in [5, 5.41) is 14.2. The third kappa shape index (κ3) is 5.82. The van der Waals surface area contributed by atoms with Crippen molar-refractivity contribution in [3.05, 3.63) is 59.3 Å². The fraction of sp³-hybridized carbons (Fsp3) is 0.633. The molecule has 0 radical (unpaired) electrons. The molecule has 1 N–H and O–H groups in total. The zero-order valence-corrected chi connectivity index (χ0v) is 22.0. The average molecular weight is 470 g/mol. The lowest BCUT2D eigenvalue weighted by atomic mass is 9.62. The van der Waals surface area contributed by atoms with E-state index >= 15 is 0 Å². The molecular weight excluding hydrogens is 425 g/mol. The van der Waals surface area contributed by atoms with Crippen LogP contribution in [0, 0.1) is 22.7 Å². The number of oxime groups is 1. The molecule has 0 spiro atoms. The summed E-state index contributed by atoms with van der Waals surface area (Å²) in [6.07, 6.45) is 15.5. The Kier molecular flexibility index (Phi) is 8.44. The van der Waals surface area contributed by atoms with E-state index in [4.69, 9.17) is 4.84 Å².